The Kier molecular flexibility index (Phi) is 5.37. The minimum Gasteiger partial charge on any atom is -0.391 e. The van der Waals surface area contributed by atoms with Gasteiger partial charge in [-0.3, -0.25) is 9.59 Å². The van der Waals surface area contributed by atoms with Gasteiger partial charge in [0.1, 0.15) is 5.69 Å². The Bertz CT molecular complexity index is 725. The molecule has 148 valence electrons. The molecule has 8 heteroatoms. The van der Waals surface area contributed by atoms with Gasteiger partial charge in [-0.2, -0.15) is 0 Å². The summed E-state index contributed by atoms with van der Waals surface area (Å²) in [4.78, 5) is 27.4. The van der Waals surface area contributed by atoms with Crippen LogP contribution in [0.3, 0.4) is 0 Å². The van der Waals surface area contributed by atoms with Crippen molar-refractivity contribution < 1.29 is 23.5 Å². The third kappa shape index (κ3) is 4.05. The molecule has 1 aromatic carbocycles. The summed E-state index contributed by atoms with van der Waals surface area (Å²) < 4.78 is 28.9. The van der Waals surface area contributed by atoms with Gasteiger partial charge in [0, 0.05) is 37.3 Å². The minimum atomic E-state index is -0.982. The Morgan fingerprint density at radius 1 is 1.15 bits per heavy atom. The number of benzene rings is 1. The van der Waals surface area contributed by atoms with Crippen molar-refractivity contribution in [1.82, 2.24) is 4.90 Å². The average Bonchev–Trinajstić information content (AvgIpc) is 2.87. The molecule has 3 rings (SSSR count). The lowest BCUT2D eigenvalue weighted by Gasteiger charge is -2.29. The van der Waals surface area contributed by atoms with E-state index in [2.05, 4.69) is 5.32 Å². The molecule has 0 aromatic heterocycles. The second-order valence-electron chi connectivity index (χ2n) is 7.98. The highest BCUT2D eigenvalue weighted by Crippen LogP contribution is 2.31. The van der Waals surface area contributed by atoms with Gasteiger partial charge in [0.2, 0.25) is 0 Å². The number of anilines is 2. The number of carbonyl (C=O) groups excluding carboxylic acids is 2. The van der Waals surface area contributed by atoms with Crippen LogP contribution in [0.5, 0.6) is 0 Å². The Balaban J connectivity index is 1.70. The Morgan fingerprint density at radius 2 is 1.74 bits per heavy atom. The first-order valence-electron chi connectivity index (χ1n) is 9.21. The molecule has 1 unspecified atom stereocenters. The number of β-amino-alcohol motifs (C(OH)–C–C–N with tert-alkyl or cyclic N) is 1. The van der Waals surface area contributed by atoms with Crippen molar-refractivity contribution in [3.63, 3.8) is 0 Å². The van der Waals surface area contributed by atoms with Crippen LogP contribution in [0.1, 0.15) is 33.1 Å². The highest BCUT2D eigenvalue weighted by atomic mass is 19.1. The summed E-state index contributed by atoms with van der Waals surface area (Å²) in [5, 5.41) is 12.2. The monoisotopic (exact) mass is 381 g/mol. The number of aliphatic hydroxyl groups excluding tert-OH is 1. The average molecular weight is 381 g/mol. The van der Waals surface area contributed by atoms with Gasteiger partial charge in [-0.1, -0.05) is 13.8 Å². The van der Waals surface area contributed by atoms with Gasteiger partial charge in [-0.05, 0) is 31.4 Å². The SMILES string of the molecule is CC1(C)CN(C(=O)C(=O)Nc2cc(F)c(N3CCCCC3)c(F)c2)CC1O. The molecule has 6 nitrogen and oxygen atoms in total. The number of aliphatic hydroxyl groups is 1. The first-order chi connectivity index (χ1) is 12.7. The van der Waals surface area contributed by atoms with E-state index in [-0.39, 0.29) is 24.5 Å². The maximum atomic E-state index is 14.4. The fourth-order valence-electron chi connectivity index (χ4n) is 3.66. The molecule has 0 saturated carbocycles. The summed E-state index contributed by atoms with van der Waals surface area (Å²) in [6, 6.07) is 2.06. The van der Waals surface area contributed by atoms with Crippen LogP contribution in [0.2, 0.25) is 0 Å². The Labute approximate surface area is 157 Å². The molecule has 0 aliphatic carbocycles. The van der Waals surface area contributed by atoms with Gasteiger partial charge in [0.05, 0.1) is 6.10 Å². The molecule has 2 aliphatic heterocycles. The van der Waals surface area contributed by atoms with E-state index < -0.39 is 35.0 Å². The fourth-order valence-corrected chi connectivity index (χ4v) is 3.66. The Morgan fingerprint density at radius 3 is 2.26 bits per heavy atom. The number of piperidine rings is 1. The lowest BCUT2D eigenvalue weighted by molar-refractivity contribution is -0.142. The van der Waals surface area contributed by atoms with E-state index in [0.717, 1.165) is 31.4 Å². The van der Waals surface area contributed by atoms with Crippen molar-refractivity contribution in [3.05, 3.63) is 23.8 Å². The highest BCUT2D eigenvalue weighted by molar-refractivity contribution is 6.39. The fraction of sp³-hybridized carbons (Fsp3) is 0.579. The maximum Gasteiger partial charge on any atom is 0.313 e. The van der Waals surface area contributed by atoms with Crippen LogP contribution in [-0.4, -0.2) is 54.1 Å². The molecular weight excluding hydrogens is 356 g/mol. The van der Waals surface area contributed by atoms with Gasteiger partial charge in [-0.25, -0.2) is 8.78 Å². The van der Waals surface area contributed by atoms with Crippen LogP contribution in [0, 0.1) is 17.0 Å². The molecule has 1 aromatic rings. The zero-order valence-corrected chi connectivity index (χ0v) is 15.6. The molecule has 2 N–H and O–H groups in total. The number of nitrogens with zero attached hydrogens (tertiary/aromatic N) is 2. The third-order valence-electron chi connectivity index (χ3n) is 5.32. The van der Waals surface area contributed by atoms with Crippen LogP contribution in [0.15, 0.2) is 12.1 Å². The van der Waals surface area contributed by atoms with E-state index in [4.69, 9.17) is 0 Å². The standard InChI is InChI=1S/C19H25F2N3O3/c1-19(2)11-24(10-15(19)25)18(27)17(26)22-12-8-13(20)16(14(21)9-12)23-6-4-3-5-7-23/h8-9,15,25H,3-7,10-11H2,1-2H3,(H,22,26). The van der Waals surface area contributed by atoms with Gasteiger partial charge in [0.25, 0.3) is 0 Å². The third-order valence-corrected chi connectivity index (χ3v) is 5.32. The van der Waals surface area contributed by atoms with E-state index in [0.29, 0.717) is 13.1 Å². The number of carbonyl (C=O) groups is 2. The van der Waals surface area contributed by atoms with Crippen molar-refractivity contribution in [2.75, 3.05) is 36.4 Å². The van der Waals surface area contributed by atoms with Crippen molar-refractivity contribution in [1.29, 1.82) is 0 Å². The molecule has 0 spiro atoms. The second kappa shape index (κ2) is 7.42. The van der Waals surface area contributed by atoms with Gasteiger partial charge in [-0.15, -0.1) is 0 Å². The van der Waals surface area contributed by atoms with Gasteiger partial charge < -0.3 is 20.2 Å². The topological polar surface area (TPSA) is 72.9 Å². The highest BCUT2D eigenvalue weighted by Gasteiger charge is 2.41. The molecule has 0 bridgehead atoms. The zero-order chi connectivity index (χ0) is 19.8. The summed E-state index contributed by atoms with van der Waals surface area (Å²) in [5.41, 5.74) is -0.712. The predicted octanol–water partition coefficient (Wildman–Crippen LogP) is 2.12. The lowest BCUT2D eigenvalue weighted by atomic mass is 9.90. The normalized spacial score (nSPS) is 22.0. The molecule has 2 aliphatic rings. The minimum absolute atomic E-state index is 0.0515. The molecule has 2 heterocycles. The molecule has 2 fully saturated rings. The zero-order valence-electron chi connectivity index (χ0n) is 15.6. The summed E-state index contributed by atoms with van der Waals surface area (Å²) in [7, 11) is 0. The van der Waals surface area contributed by atoms with E-state index >= 15 is 0 Å². The number of hydrogen-bond acceptors (Lipinski definition) is 4. The predicted molar refractivity (Wildman–Crippen MR) is 97.4 cm³/mol. The summed E-state index contributed by atoms with van der Waals surface area (Å²) in [6.07, 6.45) is 2.07. The number of likely N-dealkylation sites (tertiary alicyclic amines) is 1. The van der Waals surface area contributed by atoms with Crippen molar-refractivity contribution in [2.45, 2.75) is 39.2 Å². The van der Waals surface area contributed by atoms with Crippen molar-refractivity contribution >= 4 is 23.2 Å². The molecular formula is C19H25F2N3O3. The maximum absolute atomic E-state index is 14.4. The van der Waals surface area contributed by atoms with E-state index in [1.54, 1.807) is 18.7 Å². The largest absolute Gasteiger partial charge is 0.391 e. The quantitative estimate of drug-likeness (QED) is 0.770. The number of rotatable bonds is 2. The first kappa shape index (κ1) is 19.5. The summed E-state index contributed by atoms with van der Waals surface area (Å²) >= 11 is 0. The summed E-state index contributed by atoms with van der Waals surface area (Å²) in [5.74, 6) is -3.35. The Hall–Kier alpha value is -2.22. The lowest BCUT2D eigenvalue weighted by Crippen LogP contribution is -2.39. The molecule has 2 saturated heterocycles. The molecule has 0 radical (unpaired) electrons. The van der Waals surface area contributed by atoms with Crippen molar-refractivity contribution in [3.8, 4) is 0 Å². The second-order valence-corrected chi connectivity index (χ2v) is 7.98. The van der Waals surface area contributed by atoms with Crippen LogP contribution in [0.4, 0.5) is 20.2 Å². The first-order valence-corrected chi connectivity index (χ1v) is 9.21. The van der Waals surface area contributed by atoms with Crippen LogP contribution < -0.4 is 10.2 Å². The van der Waals surface area contributed by atoms with Gasteiger partial charge >= 0.3 is 11.8 Å². The van der Waals surface area contributed by atoms with Gasteiger partial charge in [0.15, 0.2) is 11.6 Å². The van der Waals surface area contributed by atoms with E-state index in [1.807, 2.05) is 0 Å². The number of nitrogens with one attached hydrogen (secondary N) is 1. The number of halogens is 2. The summed E-state index contributed by atoms with van der Waals surface area (Å²) in [6.45, 7) is 5.06. The molecule has 27 heavy (non-hydrogen) atoms. The number of amides is 2. The molecule has 2 amide bonds. The van der Waals surface area contributed by atoms with Crippen LogP contribution in [0.25, 0.3) is 0 Å². The van der Waals surface area contributed by atoms with E-state index in [1.165, 1.54) is 4.90 Å². The number of hydrogen-bond donors (Lipinski definition) is 2. The smallest absolute Gasteiger partial charge is 0.313 e. The van der Waals surface area contributed by atoms with E-state index in [9.17, 15) is 23.5 Å². The van der Waals surface area contributed by atoms with Crippen LogP contribution >= 0.6 is 0 Å². The van der Waals surface area contributed by atoms with Crippen molar-refractivity contribution in [2.24, 2.45) is 5.41 Å². The van der Waals surface area contributed by atoms with Crippen LogP contribution in [-0.2, 0) is 9.59 Å². The molecule has 1 atom stereocenters.